The van der Waals surface area contributed by atoms with E-state index < -0.39 is 0 Å². The molecule has 0 aliphatic carbocycles. The van der Waals surface area contributed by atoms with Crippen molar-refractivity contribution in [1.82, 2.24) is 10.4 Å². The van der Waals surface area contributed by atoms with Gasteiger partial charge < -0.3 is 0 Å². The normalized spacial score (nSPS) is 12.1. The van der Waals surface area contributed by atoms with E-state index in [0.717, 1.165) is 38.4 Å². The molecule has 1 heterocycles. The molecule has 172 valence electrons. The van der Waals surface area contributed by atoms with Crippen LogP contribution in [0.15, 0.2) is 95.1 Å². The Labute approximate surface area is 205 Å². The lowest BCUT2D eigenvalue weighted by molar-refractivity contribution is 0.0955. The van der Waals surface area contributed by atoms with Gasteiger partial charge >= 0.3 is 0 Å². The van der Waals surface area contributed by atoms with E-state index in [1.807, 2.05) is 55.6 Å². The molecule has 0 spiro atoms. The summed E-state index contributed by atoms with van der Waals surface area (Å²) in [6.07, 6.45) is 1.82. The number of thioether (sulfide) groups is 1. The minimum absolute atomic E-state index is 0.105. The highest BCUT2D eigenvalue weighted by Gasteiger charge is 2.13. The Kier molecular flexibility index (Phi) is 7.13. The molecule has 0 fully saturated rings. The van der Waals surface area contributed by atoms with Crippen molar-refractivity contribution in [2.24, 2.45) is 5.10 Å². The third-order valence-electron chi connectivity index (χ3n) is 5.70. The number of hydrazone groups is 1. The second kappa shape index (κ2) is 10.2. The molecule has 0 radical (unpaired) electrons. The minimum atomic E-state index is -0.219. The number of carbonyl (C=O) groups excluding carboxylic acids is 1. The Morgan fingerprint density at radius 1 is 0.912 bits per heavy atom. The van der Waals surface area contributed by atoms with Gasteiger partial charge in [-0.1, -0.05) is 75.4 Å². The van der Waals surface area contributed by atoms with Crippen LogP contribution in [0.5, 0.6) is 0 Å². The first kappa shape index (κ1) is 23.7. The fourth-order valence-electron chi connectivity index (χ4n) is 3.58. The molecule has 1 amide bonds. The van der Waals surface area contributed by atoms with Crippen LogP contribution >= 0.6 is 11.8 Å². The molecule has 3 aromatic carbocycles. The van der Waals surface area contributed by atoms with Crippen LogP contribution in [0.4, 0.5) is 0 Å². The monoisotopic (exact) mass is 467 g/mol. The van der Waals surface area contributed by atoms with Gasteiger partial charge in [-0.15, -0.1) is 11.8 Å². The fourth-order valence-corrected chi connectivity index (χ4v) is 4.58. The number of carbonyl (C=O) groups is 1. The van der Waals surface area contributed by atoms with Crippen molar-refractivity contribution in [2.45, 2.75) is 43.8 Å². The molecule has 0 unspecified atom stereocenters. The maximum absolute atomic E-state index is 12.6. The van der Waals surface area contributed by atoms with Gasteiger partial charge in [-0.3, -0.25) is 9.78 Å². The molecule has 4 nitrogen and oxygen atoms in total. The standard InChI is InChI=1S/C29H29N3OS/c1-20(22-14-16-25(17-15-22)29(2,3)4)31-32-28(33)24-12-10-21(11-13-24)19-34-26-9-5-7-23-8-6-18-30-27(23)26/h5-18H,19H2,1-4H3,(H,32,33)/b31-20+. The van der Waals surface area contributed by atoms with E-state index in [1.165, 1.54) is 5.56 Å². The molecule has 34 heavy (non-hydrogen) atoms. The van der Waals surface area contributed by atoms with Crippen LogP contribution in [-0.4, -0.2) is 16.6 Å². The number of nitrogens with one attached hydrogen (secondary N) is 1. The summed E-state index contributed by atoms with van der Waals surface area (Å²) in [5.41, 5.74) is 8.56. The predicted octanol–water partition coefficient (Wildman–Crippen LogP) is 6.98. The first-order valence-corrected chi connectivity index (χ1v) is 12.3. The minimum Gasteiger partial charge on any atom is -0.267 e. The molecule has 1 N–H and O–H groups in total. The molecule has 4 rings (SSSR count). The maximum Gasteiger partial charge on any atom is 0.271 e. The van der Waals surface area contributed by atoms with Gasteiger partial charge in [-0.25, -0.2) is 5.43 Å². The van der Waals surface area contributed by atoms with Crippen molar-refractivity contribution >= 4 is 34.3 Å². The molecule has 0 aliphatic heterocycles. The van der Waals surface area contributed by atoms with E-state index in [4.69, 9.17) is 0 Å². The van der Waals surface area contributed by atoms with E-state index in [2.05, 4.69) is 72.7 Å². The average Bonchev–Trinajstić information content (AvgIpc) is 2.85. The van der Waals surface area contributed by atoms with Gasteiger partial charge in [-0.05, 0) is 53.3 Å². The van der Waals surface area contributed by atoms with Crippen molar-refractivity contribution in [1.29, 1.82) is 0 Å². The second-order valence-corrected chi connectivity index (χ2v) is 10.3. The Balaban J connectivity index is 1.36. The van der Waals surface area contributed by atoms with E-state index in [-0.39, 0.29) is 11.3 Å². The summed E-state index contributed by atoms with van der Waals surface area (Å²) in [6.45, 7) is 8.46. The van der Waals surface area contributed by atoms with Crippen molar-refractivity contribution in [2.75, 3.05) is 0 Å². The van der Waals surface area contributed by atoms with E-state index >= 15 is 0 Å². The first-order chi connectivity index (χ1) is 16.3. The predicted molar refractivity (Wildman–Crippen MR) is 143 cm³/mol. The first-order valence-electron chi connectivity index (χ1n) is 11.3. The molecule has 0 saturated carbocycles. The number of hydrogen-bond acceptors (Lipinski definition) is 4. The summed E-state index contributed by atoms with van der Waals surface area (Å²) in [5.74, 6) is 0.586. The average molecular weight is 468 g/mol. The summed E-state index contributed by atoms with van der Waals surface area (Å²) < 4.78 is 0. The second-order valence-electron chi connectivity index (χ2n) is 9.28. The largest absolute Gasteiger partial charge is 0.271 e. The number of amides is 1. The van der Waals surface area contributed by atoms with Crippen molar-refractivity contribution in [3.8, 4) is 0 Å². The molecule has 5 heteroatoms. The molecule has 0 atom stereocenters. The number of rotatable bonds is 6. The molecular formula is C29H29N3OS. The summed E-state index contributed by atoms with van der Waals surface area (Å²) >= 11 is 1.75. The number of nitrogens with zero attached hydrogens (tertiary/aromatic N) is 2. The van der Waals surface area contributed by atoms with Crippen LogP contribution in [0.1, 0.15) is 54.7 Å². The smallest absolute Gasteiger partial charge is 0.267 e. The maximum atomic E-state index is 12.6. The van der Waals surface area contributed by atoms with E-state index in [0.29, 0.717) is 5.56 Å². The Morgan fingerprint density at radius 2 is 1.59 bits per heavy atom. The van der Waals surface area contributed by atoms with Gasteiger partial charge in [0, 0.05) is 27.8 Å². The van der Waals surface area contributed by atoms with Crippen LogP contribution in [0.25, 0.3) is 10.9 Å². The molecule has 4 aromatic rings. The van der Waals surface area contributed by atoms with Crippen LogP contribution in [0.3, 0.4) is 0 Å². The highest BCUT2D eigenvalue weighted by molar-refractivity contribution is 7.98. The molecule has 0 aliphatic rings. The van der Waals surface area contributed by atoms with Crippen LogP contribution in [-0.2, 0) is 11.2 Å². The highest BCUT2D eigenvalue weighted by atomic mass is 32.2. The van der Waals surface area contributed by atoms with Crippen LogP contribution in [0.2, 0.25) is 0 Å². The van der Waals surface area contributed by atoms with E-state index in [1.54, 1.807) is 11.8 Å². The number of fused-ring (bicyclic) bond motifs is 1. The van der Waals surface area contributed by atoms with Gasteiger partial charge in [0.2, 0.25) is 0 Å². The van der Waals surface area contributed by atoms with E-state index in [9.17, 15) is 4.79 Å². The van der Waals surface area contributed by atoms with Crippen LogP contribution < -0.4 is 5.43 Å². The molecule has 0 saturated heterocycles. The van der Waals surface area contributed by atoms with Gasteiger partial charge in [0.15, 0.2) is 0 Å². The lowest BCUT2D eigenvalue weighted by Crippen LogP contribution is -2.19. The number of hydrogen-bond donors (Lipinski definition) is 1. The zero-order valence-electron chi connectivity index (χ0n) is 20.0. The zero-order chi connectivity index (χ0) is 24.1. The van der Waals surface area contributed by atoms with Gasteiger partial charge in [-0.2, -0.15) is 5.10 Å². The lowest BCUT2D eigenvalue weighted by atomic mass is 9.86. The summed E-state index contributed by atoms with van der Waals surface area (Å²) in [4.78, 5) is 18.2. The van der Waals surface area contributed by atoms with Gasteiger partial charge in [0.25, 0.3) is 5.91 Å². The van der Waals surface area contributed by atoms with Gasteiger partial charge in [0.1, 0.15) is 0 Å². The number of aromatic nitrogens is 1. The third-order valence-corrected chi connectivity index (χ3v) is 6.82. The van der Waals surface area contributed by atoms with Crippen molar-refractivity contribution < 1.29 is 4.79 Å². The molecular weight excluding hydrogens is 438 g/mol. The Morgan fingerprint density at radius 3 is 2.29 bits per heavy atom. The molecule has 0 bridgehead atoms. The fraction of sp³-hybridized carbons (Fsp3) is 0.207. The SMILES string of the molecule is C/C(=N\NC(=O)c1ccc(CSc2cccc3cccnc23)cc1)c1ccc(C(C)(C)C)cc1. The lowest BCUT2D eigenvalue weighted by Gasteiger charge is -2.19. The zero-order valence-corrected chi connectivity index (χ0v) is 20.8. The van der Waals surface area contributed by atoms with Crippen molar-refractivity contribution in [3.05, 3.63) is 107 Å². The highest BCUT2D eigenvalue weighted by Crippen LogP contribution is 2.29. The summed E-state index contributed by atoms with van der Waals surface area (Å²) in [6, 6.07) is 26.2. The summed E-state index contributed by atoms with van der Waals surface area (Å²) in [7, 11) is 0. The number of para-hydroxylation sites is 1. The Hall–Kier alpha value is -3.44. The van der Waals surface area contributed by atoms with Gasteiger partial charge in [0.05, 0.1) is 11.2 Å². The summed E-state index contributed by atoms with van der Waals surface area (Å²) in [5, 5.41) is 5.44. The van der Waals surface area contributed by atoms with Crippen molar-refractivity contribution in [3.63, 3.8) is 0 Å². The number of pyridine rings is 1. The van der Waals surface area contributed by atoms with Crippen LogP contribution in [0, 0.1) is 0 Å². The quantitative estimate of drug-likeness (QED) is 0.189. The Bertz CT molecular complexity index is 1320. The third kappa shape index (κ3) is 5.72. The molecule has 1 aromatic heterocycles. The topological polar surface area (TPSA) is 54.4 Å². The number of benzene rings is 3.